The van der Waals surface area contributed by atoms with Gasteiger partial charge in [-0.05, 0) is 24.5 Å². The predicted molar refractivity (Wildman–Crippen MR) is 93.4 cm³/mol. The number of aromatic nitrogens is 1. The average molecular weight is 375 g/mol. The van der Waals surface area contributed by atoms with E-state index in [-0.39, 0.29) is 34.5 Å². The van der Waals surface area contributed by atoms with E-state index >= 15 is 0 Å². The Morgan fingerprint density at radius 1 is 1.08 bits per heavy atom. The molecule has 1 aromatic heterocycles. The standard InChI is InChI=1S/C17H17N3O5S/c21-17-6-2-5-16-13-7-12(10-19(16)17)9-18(11-13)26(24,25)15-4-1-3-14(8-15)20(22)23/h1-6,8,12-13H,7,9-11H2. The molecule has 2 aliphatic rings. The number of pyridine rings is 1. The van der Waals surface area contributed by atoms with Crippen molar-refractivity contribution in [1.29, 1.82) is 0 Å². The molecule has 2 aliphatic heterocycles. The number of hydrogen-bond donors (Lipinski definition) is 0. The molecule has 2 aromatic rings. The highest BCUT2D eigenvalue weighted by atomic mass is 32.2. The number of fused-ring (bicyclic) bond motifs is 4. The van der Waals surface area contributed by atoms with Crippen molar-refractivity contribution < 1.29 is 13.3 Å². The lowest BCUT2D eigenvalue weighted by molar-refractivity contribution is -0.385. The number of non-ortho nitro benzene ring substituents is 1. The molecule has 8 nitrogen and oxygen atoms in total. The van der Waals surface area contributed by atoms with Crippen LogP contribution in [0, 0.1) is 16.0 Å². The molecule has 1 fully saturated rings. The highest BCUT2D eigenvalue weighted by Gasteiger charge is 2.39. The monoisotopic (exact) mass is 375 g/mol. The molecular formula is C17H17N3O5S. The van der Waals surface area contributed by atoms with Crippen molar-refractivity contribution in [3.8, 4) is 0 Å². The maximum Gasteiger partial charge on any atom is 0.270 e. The van der Waals surface area contributed by atoms with E-state index in [0.29, 0.717) is 13.1 Å². The third kappa shape index (κ3) is 2.73. The van der Waals surface area contributed by atoms with E-state index in [2.05, 4.69) is 0 Å². The molecule has 0 N–H and O–H groups in total. The largest absolute Gasteiger partial charge is 0.312 e. The fourth-order valence-electron chi connectivity index (χ4n) is 3.96. The Hall–Kier alpha value is -2.52. The van der Waals surface area contributed by atoms with Gasteiger partial charge in [-0.15, -0.1) is 0 Å². The first kappa shape index (κ1) is 16.9. The summed E-state index contributed by atoms with van der Waals surface area (Å²) in [5.74, 6) is -0.000281. The van der Waals surface area contributed by atoms with Gasteiger partial charge in [-0.1, -0.05) is 12.1 Å². The highest BCUT2D eigenvalue weighted by Crippen LogP contribution is 2.37. The van der Waals surface area contributed by atoms with Crippen molar-refractivity contribution in [2.75, 3.05) is 13.1 Å². The number of benzene rings is 1. The summed E-state index contributed by atoms with van der Waals surface area (Å²) in [6.45, 7) is 1.07. The van der Waals surface area contributed by atoms with Gasteiger partial charge in [0.1, 0.15) is 0 Å². The first-order chi connectivity index (χ1) is 12.4. The third-order valence-electron chi connectivity index (χ3n) is 5.11. The fourth-order valence-corrected chi connectivity index (χ4v) is 5.56. The van der Waals surface area contributed by atoms with Crippen LogP contribution in [-0.4, -0.2) is 35.3 Å². The normalized spacial score (nSPS) is 22.6. The summed E-state index contributed by atoms with van der Waals surface area (Å²) >= 11 is 0. The van der Waals surface area contributed by atoms with E-state index in [1.807, 2.05) is 6.07 Å². The van der Waals surface area contributed by atoms with Crippen LogP contribution >= 0.6 is 0 Å². The Morgan fingerprint density at radius 3 is 2.62 bits per heavy atom. The molecule has 1 aromatic carbocycles. The summed E-state index contributed by atoms with van der Waals surface area (Å²) < 4.78 is 29.1. The minimum Gasteiger partial charge on any atom is -0.312 e. The topological polar surface area (TPSA) is 103 Å². The summed E-state index contributed by atoms with van der Waals surface area (Å²) in [5, 5.41) is 10.9. The number of sulfonamides is 1. The summed E-state index contributed by atoms with van der Waals surface area (Å²) in [6.07, 6.45) is 0.838. The van der Waals surface area contributed by atoms with Crippen molar-refractivity contribution in [3.63, 3.8) is 0 Å². The van der Waals surface area contributed by atoms with E-state index in [0.717, 1.165) is 18.2 Å². The maximum absolute atomic E-state index is 13.0. The lowest BCUT2D eigenvalue weighted by Gasteiger charge is -2.42. The summed E-state index contributed by atoms with van der Waals surface area (Å²) in [4.78, 5) is 22.3. The summed E-state index contributed by atoms with van der Waals surface area (Å²) in [5.41, 5.74) is 0.542. The van der Waals surface area contributed by atoms with Crippen LogP contribution in [0.3, 0.4) is 0 Å². The molecular weight excluding hydrogens is 358 g/mol. The summed E-state index contributed by atoms with van der Waals surface area (Å²) in [7, 11) is -3.83. The number of rotatable bonds is 3. The molecule has 0 saturated carbocycles. The van der Waals surface area contributed by atoms with Crippen molar-refractivity contribution in [2.24, 2.45) is 5.92 Å². The Bertz CT molecular complexity index is 1050. The van der Waals surface area contributed by atoms with E-state index in [9.17, 15) is 23.3 Å². The zero-order chi connectivity index (χ0) is 18.5. The second kappa shape index (κ2) is 6.03. The molecule has 0 aliphatic carbocycles. The summed E-state index contributed by atoms with van der Waals surface area (Å²) in [6, 6.07) is 10.2. The molecule has 9 heteroatoms. The molecule has 2 bridgehead atoms. The molecule has 136 valence electrons. The van der Waals surface area contributed by atoms with Crippen molar-refractivity contribution in [1.82, 2.24) is 8.87 Å². The van der Waals surface area contributed by atoms with Crippen LogP contribution in [0.1, 0.15) is 18.0 Å². The number of nitrogens with zero attached hydrogens (tertiary/aromatic N) is 3. The van der Waals surface area contributed by atoms with Crippen LogP contribution in [0.4, 0.5) is 5.69 Å². The molecule has 1 saturated heterocycles. The van der Waals surface area contributed by atoms with Gasteiger partial charge in [-0.3, -0.25) is 14.9 Å². The van der Waals surface area contributed by atoms with Crippen molar-refractivity contribution in [3.05, 3.63) is 68.6 Å². The van der Waals surface area contributed by atoms with Crippen LogP contribution in [0.5, 0.6) is 0 Å². The van der Waals surface area contributed by atoms with E-state index < -0.39 is 14.9 Å². The van der Waals surface area contributed by atoms with Gasteiger partial charge in [-0.25, -0.2) is 8.42 Å². The quantitative estimate of drug-likeness (QED) is 0.598. The van der Waals surface area contributed by atoms with E-state index in [4.69, 9.17) is 0 Å². The molecule has 3 heterocycles. The van der Waals surface area contributed by atoms with Crippen LogP contribution in [0.25, 0.3) is 0 Å². The van der Waals surface area contributed by atoms with Gasteiger partial charge in [0.05, 0.1) is 9.82 Å². The van der Waals surface area contributed by atoms with Crippen molar-refractivity contribution >= 4 is 15.7 Å². The number of hydrogen-bond acceptors (Lipinski definition) is 5. The van der Waals surface area contributed by atoms with Crippen LogP contribution in [-0.2, 0) is 16.6 Å². The van der Waals surface area contributed by atoms with Crippen molar-refractivity contribution in [2.45, 2.75) is 23.8 Å². The zero-order valence-corrected chi connectivity index (χ0v) is 14.6. The average Bonchev–Trinajstić information content (AvgIpc) is 2.62. The SMILES string of the molecule is O=c1cccc2n1CC1CC2CN(S(=O)(=O)c2cccc([N+](=O)[O-])c2)C1. The second-order valence-electron chi connectivity index (χ2n) is 6.77. The van der Waals surface area contributed by atoms with Crippen LogP contribution < -0.4 is 5.56 Å². The first-order valence-electron chi connectivity index (χ1n) is 8.30. The van der Waals surface area contributed by atoms with Gasteiger partial charge in [0, 0.05) is 49.4 Å². The molecule has 26 heavy (non-hydrogen) atoms. The second-order valence-corrected chi connectivity index (χ2v) is 8.71. The minimum absolute atomic E-state index is 0.0508. The molecule has 0 radical (unpaired) electrons. The number of nitro groups is 1. The Labute approximate surface area is 149 Å². The van der Waals surface area contributed by atoms with Gasteiger partial charge < -0.3 is 4.57 Å². The van der Waals surface area contributed by atoms with E-state index in [1.54, 1.807) is 10.6 Å². The number of piperidine rings is 1. The predicted octanol–water partition coefficient (Wildman–Crippen LogP) is 1.56. The zero-order valence-electron chi connectivity index (χ0n) is 13.8. The lowest BCUT2D eigenvalue weighted by atomic mass is 9.84. The molecule has 0 amide bonds. The van der Waals surface area contributed by atoms with Crippen LogP contribution in [0.15, 0.2) is 52.2 Å². The molecule has 0 spiro atoms. The molecule has 2 unspecified atom stereocenters. The first-order valence-corrected chi connectivity index (χ1v) is 9.74. The third-order valence-corrected chi connectivity index (χ3v) is 6.94. The fraction of sp³-hybridized carbons (Fsp3) is 0.353. The maximum atomic E-state index is 13.0. The Kier molecular flexibility index (Phi) is 3.92. The minimum atomic E-state index is -3.83. The van der Waals surface area contributed by atoms with Crippen LogP contribution in [0.2, 0.25) is 0 Å². The Balaban J connectivity index is 1.69. The molecule has 4 rings (SSSR count). The van der Waals surface area contributed by atoms with E-state index in [1.165, 1.54) is 28.6 Å². The van der Waals surface area contributed by atoms with Gasteiger partial charge >= 0.3 is 0 Å². The van der Waals surface area contributed by atoms with Gasteiger partial charge in [-0.2, -0.15) is 4.31 Å². The number of nitro benzene ring substituents is 1. The Morgan fingerprint density at radius 2 is 1.85 bits per heavy atom. The van der Waals surface area contributed by atoms with Gasteiger partial charge in [0.25, 0.3) is 11.2 Å². The smallest absolute Gasteiger partial charge is 0.270 e. The van der Waals surface area contributed by atoms with Gasteiger partial charge in [0.15, 0.2) is 0 Å². The molecule has 2 atom stereocenters. The lowest BCUT2D eigenvalue weighted by Crippen LogP contribution is -2.49. The highest BCUT2D eigenvalue weighted by molar-refractivity contribution is 7.89. The van der Waals surface area contributed by atoms with Gasteiger partial charge in [0.2, 0.25) is 10.0 Å².